The summed E-state index contributed by atoms with van der Waals surface area (Å²) in [5.41, 5.74) is 1.20. The zero-order valence-electron chi connectivity index (χ0n) is 15.5. The Kier molecular flexibility index (Phi) is 6.75. The zero-order chi connectivity index (χ0) is 18.2. The first-order valence-corrected chi connectivity index (χ1v) is 9.84. The van der Waals surface area contributed by atoms with E-state index in [-0.39, 0.29) is 11.9 Å². The maximum Gasteiger partial charge on any atom is 0.317 e. The number of para-hydroxylation sites is 1. The number of piperazine rings is 1. The number of nitrogens with one attached hydrogen (secondary N) is 2. The molecule has 1 aliphatic heterocycles. The SMILES string of the molecule is O=C(CCNC(=O)N1CCN(c2ccccc2)CC1)NC1CCCCC1. The van der Waals surface area contributed by atoms with E-state index in [0.717, 1.165) is 25.9 Å². The summed E-state index contributed by atoms with van der Waals surface area (Å²) in [6.07, 6.45) is 6.22. The topological polar surface area (TPSA) is 64.7 Å². The van der Waals surface area contributed by atoms with Gasteiger partial charge in [0, 0.05) is 50.9 Å². The van der Waals surface area contributed by atoms with Gasteiger partial charge in [0.25, 0.3) is 0 Å². The highest BCUT2D eigenvalue weighted by molar-refractivity contribution is 5.78. The molecule has 1 aliphatic carbocycles. The highest BCUT2D eigenvalue weighted by Gasteiger charge is 2.21. The predicted molar refractivity (Wildman–Crippen MR) is 103 cm³/mol. The van der Waals surface area contributed by atoms with Gasteiger partial charge in [-0.1, -0.05) is 37.5 Å². The third-order valence-corrected chi connectivity index (χ3v) is 5.29. The quantitative estimate of drug-likeness (QED) is 0.849. The fourth-order valence-corrected chi connectivity index (χ4v) is 3.75. The number of benzene rings is 1. The summed E-state index contributed by atoms with van der Waals surface area (Å²) in [6, 6.07) is 10.5. The van der Waals surface area contributed by atoms with Crippen molar-refractivity contribution in [3.8, 4) is 0 Å². The Bertz CT molecular complexity index is 579. The Hall–Kier alpha value is -2.24. The van der Waals surface area contributed by atoms with Gasteiger partial charge in [-0.2, -0.15) is 0 Å². The summed E-state index contributed by atoms with van der Waals surface area (Å²) in [7, 11) is 0. The van der Waals surface area contributed by atoms with Crippen molar-refractivity contribution < 1.29 is 9.59 Å². The summed E-state index contributed by atoms with van der Waals surface area (Å²) in [6.45, 7) is 3.47. The second kappa shape index (κ2) is 9.46. The van der Waals surface area contributed by atoms with Crippen LogP contribution >= 0.6 is 0 Å². The first-order valence-electron chi connectivity index (χ1n) is 9.84. The highest BCUT2D eigenvalue weighted by atomic mass is 16.2. The number of carbonyl (C=O) groups excluding carboxylic acids is 2. The Morgan fingerprint density at radius 1 is 0.962 bits per heavy atom. The molecule has 3 amide bonds. The second-order valence-corrected chi connectivity index (χ2v) is 7.19. The van der Waals surface area contributed by atoms with Crippen molar-refractivity contribution in [2.75, 3.05) is 37.6 Å². The minimum Gasteiger partial charge on any atom is -0.368 e. The minimum absolute atomic E-state index is 0.0473. The average molecular weight is 358 g/mol. The van der Waals surface area contributed by atoms with E-state index >= 15 is 0 Å². The molecule has 0 spiro atoms. The normalized spacial score (nSPS) is 18.5. The van der Waals surface area contributed by atoms with Crippen molar-refractivity contribution >= 4 is 17.6 Å². The Balaban J connectivity index is 1.32. The van der Waals surface area contributed by atoms with Crippen molar-refractivity contribution in [1.29, 1.82) is 0 Å². The van der Waals surface area contributed by atoms with E-state index in [0.29, 0.717) is 32.1 Å². The van der Waals surface area contributed by atoms with Gasteiger partial charge in [-0.25, -0.2) is 4.79 Å². The van der Waals surface area contributed by atoms with Gasteiger partial charge in [-0.05, 0) is 25.0 Å². The van der Waals surface area contributed by atoms with E-state index in [1.165, 1.54) is 24.9 Å². The van der Waals surface area contributed by atoms with Crippen LogP contribution in [0.4, 0.5) is 10.5 Å². The van der Waals surface area contributed by atoms with Crippen LogP contribution in [0.1, 0.15) is 38.5 Å². The third-order valence-electron chi connectivity index (χ3n) is 5.29. The first kappa shape index (κ1) is 18.5. The van der Waals surface area contributed by atoms with Crippen LogP contribution in [0.3, 0.4) is 0 Å². The van der Waals surface area contributed by atoms with Gasteiger partial charge in [0.15, 0.2) is 0 Å². The van der Waals surface area contributed by atoms with Gasteiger partial charge >= 0.3 is 6.03 Å². The van der Waals surface area contributed by atoms with Crippen molar-refractivity contribution in [2.24, 2.45) is 0 Å². The Morgan fingerprint density at radius 3 is 2.35 bits per heavy atom. The van der Waals surface area contributed by atoms with E-state index in [4.69, 9.17) is 0 Å². The zero-order valence-corrected chi connectivity index (χ0v) is 15.5. The van der Waals surface area contributed by atoms with Crippen molar-refractivity contribution in [2.45, 2.75) is 44.6 Å². The van der Waals surface area contributed by atoms with E-state index in [9.17, 15) is 9.59 Å². The van der Waals surface area contributed by atoms with Crippen molar-refractivity contribution in [3.63, 3.8) is 0 Å². The largest absolute Gasteiger partial charge is 0.368 e. The van der Waals surface area contributed by atoms with Crippen LogP contribution in [0.15, 0.2) is 30.3 Å². The van der Waals surface area contributed by atoms with Crippen LogP contribution in [0, 0.1) is 0 Å². The van der Waals surface area contributed by atoms with Gasteiger partial charge in [0.1, 0.15) is 0 Å². The molecule has 0 atom stereocenters. The molecular weight excluding hydrogens is 328 g/mol. The van der Waals surface area contributed by atoms with Crippen LogP contribution in [0.2, 0.25) is 0 Å². The molecule has 0 aromatic heterocycles. The second-order valence-electron chi connectivity index (χ2n) is 7.19. The first-order chi connectivity index (χ1) is 12.7. The standard InChI is InChI=1S/C20H30N4O2/c25-19(22-17-7-3-1-4-8-17)11-12-21-20(26)24-15-13-23(14-16-24)18-9-5-2-6-10-18/h2,5-6,9-10,17H,1,3-4,7-8,11-16H2,(H,21,26)(H,22,25). The van der Waals surface area contributed by atoms with Gasteiger partial charge in [0.2, 0.25) is 5.91 Å². The summed E-state index contributed by atoms with van der Waals surface area (Å²) in [5.74, 6) is 0.0473. The van der Waals surface area contributed by atoms with E-state index in [1.807, 2.05) is 23.1 Å². The molecule has 0 bridgehead atoms. The molecule has 142 valence electrons. The molecule has 1 aromatic carbocycles. The number of anilines is 1. The molecule has 2 fully saturated rings. The number of hydrogen-bond donors (Lipinski definition) is 2. The number of rotatable bonds is 5. The van der Waals surface area contributed by atoms with Crippen LogP contribution in [0.25, 0.3) is 0 Å². The average Bonchev–Trinajstić information content (AvgIpc) is 2.69. The summed E-state index contributed by atoms with van der Waals surface area (Å²) in [5, 5.41) is 5.97. The van der Waals surface area contributed by atoms with Crippen LogP contribution < -0.4 is 15.5 Å². The molecule has 1 heterocycles. The van der Waals surface area contributed by atoms with Crippen LogP contribution in [0.5, 0.6) is 0 Å². The van der Waals surface area contributed by atoms with Gasteiger partial charge in [-0.3, -0.25) is 4.79 Å². The maximum atomic E-state index is 12.3. The molecule has 0 unspecified atom stereocenters. The molecule has 6 nitrogen and oxygen atoms in total. The molecule has 3 rings (SSSR count). The molecule has 0 radical (unpaired) electrons. The molecule has 1 saturated carbocycles. The number of urea groups is 1. The Morgan fingerprint density at radius 2 is 1.65 bits per heavy atom. The number of amides is 3. The smallest absolute Gasteiger partial charge is 0.317 e. The maximum absolute atomic E-state index is 12.3. The molecule has 2 aliphatic rings. The third kappa shape index (κ3) is 5.38. The summed E-state index contributed by atoms with van der Waals surface area (Å²) in [4.78, 5) is 28.4. The predicted octanol–water partition coefficient (Wildman–Crippen LogP) is 2.36. The molecule has 26 heavy (non-hydrogen) atoms. The fraction of sp³-hybridized carbons (Fsp3) is 0.600. The van der Waals surface area contributed by atoms with Gasteiger partial charge in [0.05, 0.1) is 0 Å². The lowest BCUT2D eigenvalue weighted by molar-refractivity contribution is -0.121. The fourth-order valence-electron chi connectivity index (χ4n) is 3.75. The summed E-state index contributed by atoms with van der Waals surface area (Å²) >= 11 is 0. The Labute approximate surface area is 155 Å². The minimum atomic E-state index is -0.0665. The molecule has 1 saturated heterocycles. The molecule has 1 aromatic rings. The van der Waals surface area contributed by atoms with Crippen LogP contribution in [-0.2, 0) is 4.79 Å². The number of hydrogen-bond acceptors (Lipinski definition) is 3. The van der Waals surface area contributed by atoms with E-state index < -0.39 is 0 Å². The van der Waals surface area contributed by atoms with Crippen LogP contribution in [-0.4, -0.2) is 55.6 Å². The highest BCUT2D eigenvalue weighted by Crippen LogP contribution is 2.17. The van der Waals surface area contributed by atoms with Gasteiger partial charge in [-0.15, -0.1) is 0 Å². The van der Waals surface area contributed by atoms with E-state index in [1.54, 1.807) is 0 Å². The molecule has 6 heteroatoms. The van der Waals surface area contributed by atoms with Crippen molar-refractivity contribution in [3.05, 3.63) is 30.3 Å². The number of carbonyl (C=O) groups is 2. The number of nitrogens with zero attached hydrogens (tertiary/aromatic N) is 2. The monoisotopic (exact) mass is 358 g/mol. The van der Waals surface area contributed by atoms with Gasteiger partial charge < -0.3 is 20.4 Å². The molecular formula is C20H30N4O2. The molecule has 2 N–H and O–H groups in total. The van der Waals surface area contributed by atoms with Crippen molar-refractivity contribution in [1.82, 2.24) is 15.5 Å². The lowest BCUT2D eigenvalue weighted by Gasteiger charge is -2.36. The lowest BCUT2D eigenvalue weighted by Crippen LogP contribution is -2.52. The summed E-state index contributed by atoms with van der Waals surface area (Å²) < 4.78 is 0. The lowest BCUT2D eigenvalue weighted by atomic mass is 9.95. The van der Waals surface area contributed by atoms with E-state index in [2.05, 4.69) is 27.7 Å².